The normalized spacial score (nSPS) is 12.7. The van der Waals surface area contributed by atoms with E-state index in [1.165, 1.54) is 0 Å². The van der Waals surface area contributed by atoms with Crippen molar-refractivity contribution in [3.8, 4) is 0 Å². The van der Waals surface area contributed by atoms with E-state index < -0.39 is 0 Å². The van der Waals surface area contributed by atoms with Gasteiger partial charge in [-0.2, -0.15) is 0 Å². The Morgan fingerprint density at radius 3 is 2.59 bits per heavy atom. The molecule has 90 valence electrons. The zero-order chi connectivity index (χ0) is 12.4. The van der Waals surface area contributed by atoms with Crippen molar-refractivity contribution in [2.24, 2.45) is 0 Å². The van der Waals surface area contributed by atoms with Crippen LogP contribution in [0.1, 0.15) is 22.9 Å². The van der Waals surface area contributed by atoms with E-state index in [-0.39, 0.29) is 6.04 Å². The highest BCUT2D eigenvalue weighted by Crippen LogP contribution is 2.32. The zero-order valence-corrected chi connectivity index (χ0v) is 12.8. The monoisotopic (exact) mass is 357 g/mol. The molecule has 0 aliphatic carbocycles. The van der Waals surface area contributed by atoms with E-state index in [4.69, 9.17) is 4.42 Å². The number of benzene rings is 1. The van der Waals surface area contributed by atoms with Gasteiger partial charge in [-0.1, -0.05) is 31.9 Å². The van der Waals surface area contributed by atoms with Crippen molar-refractivity contribution in [3.05, 3.63) is 56.4 Å². The first-order valence-electron chi connectivity index (χ1n) is 5.29. The second-order valence-corrected chi connectivity index (χ2v) is 5.63. The van der Waals surface area contributed by atoms with Crippen molar-refractivity contribution in [3.63, 3.8) is 0 Å². The molecule has 2 aromatic rings. The minimum absolute atomic E-state index is 0.0527. The van der Waals surface area contributed by atoms with Crippen LogP contribution in [0, 0.1) is 6.92 Å². The average molecular weight is 359 g/mol. The number of furan rings is 1. The van der Waals surface area contributed by atoms with E-state index in [1.54, 1.807) is 6.26 Å². The smallest absolute Gasteiger partial charge is 0.128 e. The van der Waals surface area contributed by atoms with E-state index in [0.29, 0.717) is 0 Å². The lowest BCUT2D eigenvalue weighted by atomic mass is 10.0. The lowest BCUT2D eigenvalue weighted by Crippen LogP contribution is -2.18. The van der Waals surface area contributed by atoms with Crippen molar-refractivity contribution in [1.82, 2.24) is 5.32 Å². The van der Waals surface area contributed by atoms with Crippen LogP contribution in [-0.2, 0) is 0 Å². The molecule has 1 aromatic heterocycles. The third kappa shape index (κ3) is 2.64. The van der Waals surface area contributed by atoms with Gasteiger partial charge in [0.2, 0.25) is 0 Å². The Morgan fingerprint density at radius 1 is 1.24 bits per heavy atom. The Kier molecular flexibility index (Phi) is 4.07. The van der Waals surface area contributed by atoms with Gasteiger partial charge in [0.05, 0.1) is 12.3 Å². The van der Waals surface area contributed by atoms with Crippen molar-refractivity contribution < 1.29 is 4.42 Å². The Bertz CT molecular complexity index is 522. The summed E-state index contributed by atoms with van der Waals surface area (Å²) >= 11 is 7.08. The maximum absolute atomic E-state index is 5.57. The molecule has 0 aliphatic rings. The lowest BCUT2D eigenvalue weighted by Gasteiger charge is -2.17. The van der Waals surface area contributed by atoms with Crippen LogP contribution in [0.15, 0.2) is 43.9 Å². The quantitative estimate of drug-likeness (QED) is 0.878. The molecule has 0 bridgehead atoms. The molecule has 2 rings (SSSR count). The fraction of sp³-hybridized carbons (Fsp3) is 0.231. The van der Waals surface area contributed by atoms with Crippen molar-refractivity contribution in [2.45, 2.75) is 13.0 Å². The number of rotatable bonds is 3. The second-order valence-electron chi connectivity index (χ2n) is 3.86. The fourth-order valence-corrected chi connectivity index (χ4v) is 2.70. The van der Waals surface area contributed by atoms with E-state index in [9.17, 15) is 0 Å². The first-order valence-corrected chi connectivity index (χ1v) is 6.88. The molecule has 0 saturated heterocycles. The molecule has 0 amide bonds. The van der Waals surface area contributed by atoms with Crippen LogP contribution in [0.5, 0.6) is 0 Å². The van der Waals surface area contributed by atoms with Crippen LogP contribution in [0.4, 0.5) is 0 Å². The summed E-state index contributed by atoms with van der Waals surface area (Å²) in [5.41, 5.74) is 2.30. The van der Waals surface area contributed by atoms with E-state index >= 15 is 0 Å². The van der Waals surface area contributed by atoms with E-state index in [1.807, 2.05) is 25.2 Å². The number of halogens is 2. The zero-order valence-electron chi connectivity index (χ0n) is 9.63. The molecule has 1 heterocycles. The van der Waals surface area contributed by atoms with Gasteiger partial charge in [-0.05, 0) is 49.4 Å². The molecule has 0 fully saturated rings. The van der Waals surface area contributed by atoms with Crippen LogP contribution in [-0.4, -0.2) is 7.05 Å². The first-order chi connectivity index (χ1) is 8.13. The molecule has 0 aliphatic heterocycles. The number of hydrogen-bond acceptors (Lipinski definition) is 2. The summed E-state index contributed by atoms with van der Waals surface area (Å²) in [6.07, 6.45) is 1.72. The molecule has 1 unspecified atom stereocenters. The van der Waals surface area contributed by atoms with Crippen LogP contribution < -0.4 is 5.32 Å². The molecule has 2 nitrogen and oxygen atoms in total. The molecule has 17 heavy (non-hydrogen) atoms. The molecular formula is C13H13Br2NO. The topological polar surface area (TPSA) is 25.2 Å². The summed E-state index contributed by atoms with van der Waals surface area (Å²) in [5, 5.41) is 3.29. The van der Waals surface area contributed by atoms with Gasteiger partial charge < -0.3 is 9.73 Å². The number of nitrogens with one attached hydrogen (secondary N) is 1. The molecular weight excluding hydrogens is 346 g/mol. The Morgan fingerprint density at radius 2 is 2.00 bits per heavy atom. The van der Waals surface area contributed by atoms with Crippen LogP contribution in [0.2, 0.25) is 0 Å². The van der Waals surface area contributed by atoms with Gasteiger partial charge in [-0.25, -0.2) is 0 Å². The predicted molar refractivity (Wildman–Crippen MR) is 76.2 cm³/mol. The standard InChI is InChI=1S/C13H13Br2NO/c1-8-5-6-17-13(8)12(16-2)10-7-9(14)3-4-11(10)15/h3-7,12,16H,1-2H3. The molecule has 4 heteroatoms. The molecule has 1 N–H and O–H groups in total. The summed E-state index contributed by atoms with van der Waals surface area (Å²) in [4.78, 5) is 0. The summed E-state index contributed by atoms with van der Waals surface area (Å²) in [7, 11) is 1.93. The average Bonchev–Trinajstić information content (AvgIpc) is 2.71. The van der Waals surface area contributed by atoms with Crippen molar-refractivity contribution in [1.29, 1.82) is 0 Å². The van der Waals surface area contributed by atoms with Gasteiger partial charge in [-0.3, -0.25) is 0 Å². The third-order valence-corrected chi connectivity index (χ3v) is 3.94. The largest absolute Gasteiger partial charge is 0.467 e. The molecule has 1 aromatic carbocycles. The summed E-state index contributed by atoms with van der Waals surface area (Å²) in [6, 6.07) is 8.16. The van der Waals surface area contributed by atoms with E-state index in [0.717, 1.165) is 25.8 Å². The molecule has 0 radical (unpaired) electrons. The summed E-state index contributed by atoms with van der Waals surface area (Å²) < 4.78 is 7.69. The highest BCUT2D eigenvalue weighted by atomic mass is 79.9. The Balaban J connectivity index is 2.49. The SMILES string of the molecule is CNC(c1cc(Br)ccc1Br)c1occc1C. The van der Waals surface area contributed by atoms with Gasteiger partial charge in [0.15, 0.2) is 0 Å². The van der Waals surface area contributed by atoms with Gasteiger partial charge in [0.25, 0.3) is 0 Å². The van der Waals surface area contributed by atoms with Crippen LogP contribution in [0.25, 0.3) is 0 Å². The Hall–Kier alpha value is -0.580. The van der Waals surface area contributed by atoms with Crippen molar-refractivity contribution in [2.75, 3.05) is 7.05 Å². The third-order valence-electron chi connectivity index (χ3n) is 2.72. The number of aryl methyl sites for hydroxylation is 1. The van der Waals surface area contributed by atoms with E-state index in [2.05, 4.69) is 50.2 Å². The van der Waals surface area contributed by atoms with Gasteiger partial charge in [0.1, 0.15) is 5.76 Å². The second kappa shape index (κ2) is 5.38. The van der Waals surface area contributed by atoms with Gasteiger partial charge in [-0.15, -0.1) is 0 Å². The predicted octanol–water partition coefficient (Wildman–Crippen LogP) is 4.42. The van der Waals surface area contributed by atoms with Crippen LogP contribution in [0.3, 0.4) is 0 Å². The highest BCUT2D eigenvalue weighted by molar-refractivity contribution is 9.11. The van der Waals surface area contributed by atoms with Crippen molar-refractivity contribution >= 4 is 31.9 Å². The summed E-state index contributed by atoms with van der Waals surface area (Å²) in [5.74, 6) is 0.950. The maximum atomic E-state index is 5.57. The molecule has 1 atom stereocenters. The maximum Gasteiger partial charge on any atom is 0.128 e. The fourth-order valence-electron chi connectivity index (χ4n) is 1.84. The molecule has 0 spiro atoms. The van der Waals surface area contributed by atoms with Gasteiger partial charge >= 0.3 is 0 Å². The minimum atomic E-state index is 0.0527. The highest BCUT2D eigenvalue weighted by Gasteiger charge is 2.19. The lowest BCUT2D eigenvalue weighted by molar-refractivity contribution is 0.459. The Labute approximate surface area is 118 Å². The number of hydrogen-bond donors (Lipinski definition) is 1. The minimum Gasteiger partial charge on any atom is -0.467 e. The first kappa shape index (κ1) is 12.9. The summed E-state index contributed by atoms with van der Waals surface area (Å²) in [6.45, 7) is 2.05. The molecule has 0 saturated carbocycles. The van der Waals surface area contributed by atoms with Gasteiger partial charge in [0, 0.05) is 8.95 Å². The van der Waals surface area contributed by atoms with Crippen LogP contribution >= 0.6 is 31.9 Å².